The number of hydrogen-bond donors (Lipinski definition) is 1. The van der Waals surface area contributed by atoms with Gasteiger partial charge >= 0.3 is 0 Å². The van der Waals surface area contributed by atoms with E-state index in [0.29, 0.717) is 16.5 Å². The van der Waals surface area contributed by atoms with Gasteiger partial charge in [0.1, 0.15) is 6.54 Å². The number of carbonyl (C=O) groups is 1. The van der Waals surface area contributed by atoms with E-state index in [1.165, 1.54) is 4.68 Å². The van der Waals surface area contributed by atoms with Gasteiger partial charge in [0.05, 0.1) is 24.0 Å². The molecule has 0 spiro atoms. The van der Waals surface area contributed by atoms with Gasteiger partial charge in [0.15, 0.2) is 0 Å². The van der Waals surface area contributed by atoms with Gasteiger partial charge < -0.3 is 5.32 Å². The molecule has 0 saturated heterocycles. The third kappa shape index (κ3) is 4.54. The van der Waals surface area contributed by atoms with E-state index in [0.717, 1.165) is 16.7 Å². The van der Waals surface area contributed by atoms with Crippen LogP contribution < -0.4 is 10.9 Å². The van der Waals surface area contributed by atoms with Crippen LogP contribution in [0.2, 0.25) is 0 Å². The number of fused-ring (bicyclic) bond motifs is 1. The highest BCUT2D eigenvalue weighted by Crippen LogP contribution is 2.19. The summed E-state index contributed by atoms with van der Waals surface area (Å²) in [5.74, 6) is 2.33. The van der Waals surface area contributed by atoms with E-state index in [1.54, 1.807) is 12.1 Å². The molecule has 0 saturated carbocycles. The number of nitrogens with zero attached hydrogens (tertiary/aromatic N) is 2. The van der Waals surface area contributed by atoms with Crippen LogP contribution >= 0.6 is 0 Å². The highest BCUT2D eigenvalue weighted by molar-refractivity contribution is 5.84. The van der Waals surface area contributed by atoms with Crippen molar-refractivity contribution in [3.05, 3.63) is 100 Å². The van der Waals surface area contributed by atoms with Gasteiger partial charge in [0.2, 0.25) is 5.91 Å². The quantitative estimate of drug-likeness (QED) is 0.497. The highest BCUT2D eigenvalue weighted by atomic mass is 16.1. The first-order valence-electron chi connectivity index (χ1n) is 9.99. The molecule has 5 nitrogen and oxygen atoms in total. The van der Waals surface area contributed by atoms with Gasteiger partial charge in [-0.25, -0.2) is 4.68 Å². The minimum Gasteiger partial charge on any atom is -0.350 e. The predicted octanol–water partition coefficient (Wildman–Crippen LogP) is 3.56. The molecule has 152 valence electrons. The Hall–Kier alpha value is -4.17. The molecule has 0 atom stereocenters. The van der Waals surface area contributed by atoms with Crippen LogP contribution in [0.3, 0.4) is 0 Å². The summed E-state index contributed by atoms with van der Waals surface area (Å²) in [5, 5.41) is 8.52. The van der Waals surface area contributed by atoms with Crippen LogP contribution in [-0.2, 0) is 24.3 Å². The van der Waals surface area contributed by atoms with Gasteiger partial charge in [-0.3, -0.25) is 9.59 Å². The molecule has 4 aromatic rings. The maximum absolute atomic E-state index is 12.5. The normalized spacial score (nSPS) is 10.5. The van der Waals surface area contributed by atoms with E-state index >= 15 is 0 Å². The lowest BCUT2D eigenvalue weighted by Crippen LogP contribution is -2.29. The Bertz CT molecular complexity index is 1320. The van der Waals surface area contributed by atoms with Crippen LogP contribution in [0.4, 0.5) is 0 Å². The fourth-order valence-electron chi connectivity index (χ4n) is 3.51. The molecule has 0 aliphatic carbocycles. The van der Waals surface area contributed by atoms with Gasteiger partial charge in [-0.2, -0.15) is 5.10 Å². The van der Waals surface area contributed by atoms with Crippen molar-refractivity contribution in [3.63, 3.8) is 0 Å². The SMILES string of the molecule is C#CCn1nc(CNC(=O)Cc2ccc(-c3ccccc3)cc2)c2ccccc2c1=O. The Labute approximate surface area is 180 Å². The monoisotopic (exact) mass is 407 g/mol. The van der Waals surface area contributed by atoms with E-state index in [2.05, 4.69) is 28.5 Å². The van der Waals surface area contributed by atoms with E-state index in [1.807, 2.05) is 54.6 Å². The summed E-state index contributed by atoms with van der Waals surface area (Å²) in [6.45, 7) is 0.296. The number of benzene rings is 3. The fourth-order valence-corrected chi connectivity index (χ4v) is 3.51. The third-order valence-corrected chi connectivity index (χ3v) is 5.06. The van der Waals surface area contributed by atoms with Crippen molar-refractivity contribution in [2.75, 3.05) is 0 Å². The number of hydrogen-bond acceptors (Lipinski definition) is 3. The Morgan fingerprint density at radius 2 is 1.55 bits per heavy atom. The molecule has 0 bridgehead atoms. The number of carbonyl (C=O) groups excluding carboxylic acids is 1. The molecule has 5 heteroatoms. The van der Waals surface area contributed by atoms with Gasteiger partial charge in [-0.15, -0.1) is 6.42 Å². The number of rotatable bonds is 6. The van der Waals surface area contributed by atoms with E-state index < -0.39 is 0 Å². The number of aromatic nitrogens is 2. The van der Waals surface area contributed by atoms with Crippen LogP contribution in [0.5, 0.6) is 0 Å². The fraction of sp³-hybridized carbons (Fsp3) is 0.115. The maximum Gasteiger partial charge on any atom is 0.275 e. The average Bonchev–Trinajstić information content (AvgIpc) is 2.81. The zero-order valence-corrected chi connectivity index (χ0v) is 16.9. The highest BCUT2D eigenvalue weighted by Gasteiger charge is 2.11. The summed E-state index contributed by atoms with van der Waals surface area (Å²) in [6, 6.07) is 25.3. The van der Waals surface area contributed by atoms with Crippen molar-refractivity contribution in [2.45, 2.75) is 19.5 Å². The summed E-state index contributed by atoms with van der Waals surface area (Å²) < 4.78 is 1.26. The van der Waals surface area contributed by atoms with Crippen LogP contribution in [0.15, 0.2) is 83.7 Å². The van der Waals surface area contributed by atoms with Gasteiger partial charge in [-0.1, -0.05) is 78.7 Å². The topological polar surface area (TPSA) is 64.0 Å². The maximum atomic E-state index is 12.5. The summed E-state index contributed by atoms with van der Waals surface area (Å²) in [6.07, 6.45) is 5.62. The molecule has 1 amide bonds. The van der Waals surface area contributed by atoms with Gasteiger partial charge in [-0.05, 0) is 22.8 Å². The Morgan fingerprint density at radius 3 is 2.26 bits per heavy atom. The molecule has 1 aromatic heterocycles. The van der Waals surface area contributed by atoms with Crippen molar-refractivity contribution in [2.24, 2.45) is 0 Å². The van der Waals surface area contributed by atoms with Crippen LogP contribution in [0.1, 0.15) is 11.3 Å². The molecule has 0 radical (unpaired) electrons. The number of terminal acetylenes is 1. The lowest BCUT2D eigenvalue weighted by Gasteiger charge is -2.11. The number of amides is 1. The van der Waals surface area contributed by atoms with Crippen LogP contribution in [0, 0.1) is 12.3 Å². The van der Waals surface area contributed by atoms with Crippen molar-refractivity contribution in [3.8, 4) is 23.5 Å². The molecule has 0 aliphatic heterocycles. The minimum absolute atomic E-state index is 0.0817. The summed E-state index contributed by atoms with van der Waals surface area (Å²) in [5.41, 5.74) is 3.54. The largest absolute Gasteiger partial charge is 0.350 e. The lowest BCUT2D eigenvalue weighted by molar-refractivity contribution is -0.120. The lowest BCUT2D eigenvalue weighted by atomic mass is 10.0. The molecular formula is C26H21N3O2. The third-order valence-electron chi connectivity index (χ3n) is 5.06. The Morgan fingerprint density at radius 1 is 0.903 bits per heavy atom. The minimum atomic E-state index is -0.234. The van der Waals surface area contributed by atoms with E-state index in [9.17, 15) is 9.59 Å². The molecule has 4 rings (SSSR count). The van der Waals surface area contributed by atoms with Crippen LogP contribution in [-0.4, -0.2) is 15.7 Å². The molecule has 0 aliphatic rings. The van der Waals surface area contributed by atoms with Crippen molar-refractivity contribution in [1.29, 1.82) is 0 Å². The van der Waals surface area contributed by atoms with Gasteiger partial charge in [0, 0.05) is 5.39 Å². The van der Waals surface area contributed by atoms with Crippen molar-refractivity contribution in [1.82, 2.24) is 15.1 Å². The number of nitrogens with one attached hydrogen (secondary N) is 1. The zero-order chi connectivity index (χ0) is 21.6. The standard InChI is InChI=1S/C26H21N3O2/c1-2-16-29-26(31)23-11-7-6-10-22(23)24(28-29)18-27-25(30)17-19-12-14-21(15-13-19)20-8-4-3-5-9-20/h1,3-15H,16-18H2,(H,27,30). The molecule has 3 aromatic carbocycles. The Kier molecular flexibility index (Phi) is 5.91. The smallest absolute Gasteiger partial charge is 0.275 e. The average molecular weight is 407 g/mol. The van der Waals surface area contributed by atoms with Gasteiger partial charge in [0.25, 0.3) is 5.56 Å². The van der Waals surface area contributed by atoms with Crippen molar-refractivity contribution >= 4 is 16.7 Å². The summed E-state index contributed by atoms with van der Waals surface area (Å²) in [7, 11) is 0. The molecule has 1 heterocycles. The second kappa shape index (κ2) is 9.10. The first-order valence-corrected chi connectivity index (χ1v) is 9.99. The van der Waals surface area contributed by atoms with E-state index in [-0.39, 0.29) is 31.0 Å². The first kappa shape index (κ1) is 20.1. The molecule has 0 unspecified atom stereocenters. The summed E-state index contributed by atoms with van der Waals surface area (Å²) >= 11 is 0. The summed E-state index contributed by atoms with van der Waals surface area (Å²) in [4.78, 5) is 25.0. The molecule has 31 heavy (non-hydrogen) atoms. The first-order chi connectivity index (χ1) is 15.2. The van der Waals surface area contributed by atoms with Crippen molar-refractivity contribution < 1.29 is 4.79 Å². The van der Waals surface area contributed by atoms with E-state index in [4.69, 9.17) is 6.42 Å². The second-order valence-corrected chi connectivity index (χ2v) is 7.18. The molecule has 1 N–H and O–H groups in total. The molecule has 0 fully saturated rings. The zero-order valence-electron chi connectivity index (χ0n) is 16.9. The Balaban J connectivity index is 1.47. The predicted molar refractivity (Wildman–Crippen MR) is 122 cm³/mol. The van der Waals surface area contributed by atoms with Crippen LogP contribution in [0.25, 0.3) is 21.9 Å². The second-order valence-electron chi connectivity index (χ2n) is 7.18. The molecular weight excluding hydrogens is 386 g/mol.